The molecule has 0 unspecified atom stereocenters. The van der Waals surface area contributed by atoms with Gasteiger partial charge < -0.3 is 4.42 Å². The van der Waals surface area contributed by atoms with Crippen LogP contribution < -0.4 is 5.32 Å². The molecule has 5 heteroatoms. The van der Waals surface area contributed by atoms with Crippen LogP contribution in [-0.4, -0.2) is 11.1 Å². The summed E-state index contributed by atoms with van der Waals surface area (Å²) < 4.78 is 5.52. The Morgan fingerprint density at radius 2 is 2.11 bits per heavy atom. The normalized spacial score (nSPS) is 17.7. The third-order valence-corrected chi connectivity index (χ3v) is 3.42. The number of fused-ring (bicyclic) bond motifs is 1. The minimum absolute atomic E-state index is 0.332. The largest absolute Gasteiger partial charge is 0.461 e. The Morgan fingerprint density at radius 3 is 2.83 bits per heavy atom. The molecule has 0 saturated carbocycles. The van der Waals surface area contributed by atoms with Gasteiger partial charge in [-0.05, 0) is 42.5 Å². The van der Waals surface area contributed by atoms with E-state index in [1.54, 1.807) is 6.08 Å². The second kappa shape index (κ2) is 4.03. The van der Waals surface area contributed by atoms with Crippen molar-refractivity contribution in [3.63, 3.8) is 0 Å². The van der Waals surface area contributed by atoms with Crippen LogP contribution in [0, 0.1) is 6.92 Å². The molecule has 1 aliphatic heterocycles. The summed E-state index contributed by atoms with van der Waals surface area (Å²) in [6.45, 7) is 1.89. The molecule has 2 heterocycles. The van der Waals surface area contributed by atoms with Crippen LogP contribution >= 0.6 is 11.8 Å². The highest BCUT2D eigenvalue weighted by atomic mass is 32.2. The van der Waals surface area contributed by atoms with Gasteiger partial charge in [-0.15, -0.1) is 0 Å². The number of carbonyl (C=O) groups is 2. The topological polar surface area (TPSA) is 59.3 Å². The molecule has 1 fully saturated rings. The van der Waals surface area contributed by atoms with Crippen LogP contribution in [0.25, 0.3) is 17.0 Å². The molecule has 0 bridgehead atoms. The zero-order valence-electron chi connectivity index (χ0n) is 9.52. The Morgan fingerprint density at radius 1 is 1.28 bits per heavy atom. The number of imide groups is 1. The third kappa shape index (κ3) is 1.93. The van der Waals surface area contributed by atoms with Gasteiger partial charge in [-0.25, -0.2) is 0 Å². The number of furan rings is 1. The molecule has 0 atom stereocenters. The van der Waals surface area contributed by atoms with Crippen molar-refractivity contribution in [3.8, 4) is 0 Å². The third-order valence-electron chi connectivity index (χ3n) is 2.61. The van der Waals surface area contributed by atoms with Gasteiger partial charge >= 0.3 is 0 Å². The average Bonchev–Trinajstić information content (AvgIpc) is 2.80. The van der Waals surface area contributed by atoms with E-state index < -0.39 is 0 Å². The molecule has 18 heavy (non-hydrogen) atoms. The van der Waals surface area contributed by atoms with Crippen molar-refractivity contribution in [1.29, 1.82) is 0 Å². The first-order valence-corrected chi connectivity index (χ1v) is 6.18. The van der Waals surface area contributed by atoms with E-state index >= 15 is 0 Å². The van der Waals surface area contributed by atoms with Crippen LogP contribution in [0.2, 0.25) is 0 Å². The molecule has 4 nitrogen and oxygen atoms in total. The predicted octanol–water partition coefficient (Wildman–Crippen LogP) is 3.07. The molecule has 3 rings (SSSR count). The van der Waals surface area contributed by atoms with E-state index in [1.165, 1.54) is 0 Å². The van der Waals surface area contributed by atoms with E-state index in [0.29, 0.717) is 4.91 Å². The molecule has 1 aromatic heterocycles. The van der Waals surface area contributed by atoms with Crippen LogP contribution in [0.5, 0.6) is 0 Å². The Kier molecular flexibility index (Phi) is 2.48. The van der Waals surface area contributed by atoms with Crippen LogP contribution in [0.4, 0.5) is 4.79 Å². The highest BCUT2D eigenvalue weighted by Gasteiger charge is 2.24. The monoisotopic (exact) mass is 259 g/mol. The fourth-order valence-corrected chi connectivity index (χ4v) is 2.52. The molecular weight excluding hydrogens is 250 g/mol. The Hall–Kier alpha value is -2.01. The maximum absolute atomic E-state index is 11.4. The van der Waals surface area contributed by atoms with Crippen molar-refractivity contribution in [1.82, 2.24) is 5.32 Å². The first-order chi connectivity index (χ1) is 8.61. The second-order valence-corrected chi connectivity index (χ2v) is 5.02. The number of amides is 2. The van der Waals surface area contributed by atoms with Gasteiger partial charge in [0.15, 0.2) is 0 Å². The summed E-state index contributed by atoms with van der Waals surface area (Å²) in [5.74, 6) is 0.499. The SMILES string of the molecule is Cc1cc2ccc(C=C3SC(=O)NC3=O)cc2o1. The first kappa shape index (κ1) is 11.1. The molecule has 2 amide bonds. The Balaban J connectivity index is 2.02. The molecule has 90 valence electrons. The highest BCUT2D eigenvalue weighted by Crippen LogP contribution is 2.27. The number of aryl methyl sites for hydroxylation is 1. The molecule has 0 spiro atoms. The summed E-state index contributed by atoms with van der Waals surface area (Å²) in [6, 6.07) is 7.62. The summed E-state index contributed by atoms with van der Waals surface area (Å²) in [4.78, 5) is 22.9. The summed E-state index contributed by atoms with van der Waals surface area (Å²) in [5.41, 5.74) is 1.61. The number of rotatable bonds is 1. The van der Waals surface area contributed by atoms with Crippen LogP contribution in [0.15, 0.2) is 33.6 Å². The molecule has 2 aromatic rings. The summed E-state index contributed by atoms with van der Waals surface area (Å²) in [5, 5.41) is 2.91. The second-order valence-electron chi connectivity index (χ2n) is 4.01. The van der Waals surface area contributed by atoms with Gasteiger partial charge in [-0.3, -0.25) is 14.9 Å². The quantitative estimate of drug-likeness (QED) is 0.799. The summed E-state index contributed by atoms with van der Waals surface area (Å²) >= 11 is 0.910. The first-order valence-electron chi connectivity index (χ1n) is 5.37. The van der Waals surface area contributed by atoms with Crippen molar-refractivity contribution in [2.45, 2.75) is 6.92 Å². The lowest BCUT2D eigenvalue weighted by molar-refractivity contribution is -0.115. The lowest BCUT2D eigenvalue weighted by atomic mass is 10.1. The smallest absolute Gasteiger partial charge is 0.290 e. The van der Waals surface area contributed by atoms with Gasteiger partial charge in [0.2, 0.25) is 0 Å². The minimum atomic E-state index is -0.347. The number of carbonyl (C=O) groups excluding carboxylic acids is 2. The van der Waals surface area contributed by atoms with Crippen molar-refractivity contribution < 1.29 is 14.0 Å². The summed E-state index contributed by atoms with van der Waals surface area (Å²) in [7, 11) is 0. The number of benzene rings is 1. The Bertz CT molecular complexity index is 699. The van der Waals surface area contributed by atoms with Gasteiger partial charge in [0.25, 0.3) is 11.1 Å². The van der Waals surface area contributed by atoms with Gasteiger partial charge in [0.1, 0.15) is 11.3 Å². The van der Waals surface area contributed by atoms with Gasteiger partial charge in [-0.1, -0.05) is 12.1 Å². The van der Waals surface area contributed by atoms with Crippen molar-refractivity contribution >= 4 is 40.0 Å². The predicted molar refractivity (Wildman–Crippen MR) is 70.1 cm³/mol. The molecule has 1 saturated heterocycles. The van der Waals surface area contributed by atoms with Gasteiger partial charge in [0, 0.05) is 5.39 Å². The number of hydrogen-bond acceptors (Lipinski definition) is 4. The van der Waals surface area contributed by atoms with E-state index in [2.05, 4.69) is 5.32 Å². The number of nitrogens with one attached hydrogen (secondary N) is 1. The minimum Gasteiger partial charge on any atom is -0.461 e. The lowest BCUT2D eigenvalue weighted by Gasteiger charge is -1.95. The van der Waals surface area contributed by atoms with E-state index in [4.69, 9.17) is 4.42 Å². The van der Waals surface area contributed by atoms with Crippen LogP contribution in [-0.2, 0) is 4.79 Å². The number of thioether (sulfide) groups is 1. The van der Waals surface area contributed by atoms with E-state index in [-0.39, 0.29) is 11.1 Å². The van der Waals surface area contributed by atoms with Crippen molar-refractivity contribution in [3.05, 3.63) is 40.5 Å². The molecular formula is C13H9NO3S. The fraction of sp³-hybridized carbons (Fsp3) is 0.0769. The lowest BCUT2D eigenvalue weighted by Crippen LogP contribution is -2.17. The Labute approximate surface area is 107 Å². The fourth-order valence-electron chi connectivity index (χ4n) is 1.84. The van der Waals surface area contributed by atoms with E-state index in [1.807, 2.05) is 31.2 Å². The van der Waals surface area contributed by atoms with E-state index in [0.717, 1.165) is 34.1 Å². The molecule has 0 radical (unpaired) electrons. The van der Waals surface area contributed by atoms with Gasteiger partial charge in [0.05, 0.1) is 4.91 Å². The maximum atomic E-state index is 11.4. The van der Waals surface area contributed by atoms with E-state index in [9.17, 15) is 9.59 Å². The maximum Gasteiger partial charge on any atom is 0.290 e. The molecule has 1 aliphatic rings. The molecule has 1 aromatic carbocycles. The zero-order valence-corrected chi connectivity index (χ0v) is 10.3. The summed E-state index contributed by atoms with van der Waals surface area (Å²) in [6.07, 6.45) is 1.68. The van der Waals surface area contributed by atoms with Gasteiger partial charge in [-0.2, -0.15) is 0 Å². The number of hydrogen-bond donors (Lipinski definition) is 1. The standard InChI is InChI=1S/C13H9NO3S/c1-7-4-9-3-2-8(5-10(9)17-7)6-11-12(15)14-13(16)18-11/h2-6H,1H3,(H,14,15,16). The van der Waals surface area contributed by atoms with Crippen molar-refractivity contribution in [2.24, 2.45) is 0 Å². The van der Waals surface area contributed by atoms with Crippen molar-refractivity contribution in [2.75, 3.05) is 0 Å². The average molecular weight is 259 g/mol. The highest BCUT2D eigenvalue weighted by molar-refractivity contribution is 8.18. The van der Waals surface area contributed by atoms with Crippen LogP contribution in [0.1, 0.15) is 11.3 Å². The molecule has 1 N–H and O–H groups in total. The molecule has 0 aliphatic carbocycles. The zero-order chi connectivity index (χ0) is 12.7. The van der Waals surface area contributed by atoms with Crippen LogP contribution in [0.3, 0.4) is 0 Å².